The van der Waals surface area contributed by atoms with Gasteiger partial charge in [-0.15, -0.1) is 0 Å². The SMILES string of the molecule is CCCCNC(=O)NCCc1ccc2[nH]c3c(c2c1)C[C@@]1(O)[C@H]2Cc4ccc(O)c5c4[C@@]1(CCN2CC1CC1)[C@H]3O5. The number of aliphatic hydroxyl groups is 1. The van der Waals surface area contributed by atoms with E-state index in [9.17, 15) is 15.0 Å². The van der Waals surface area contributed by atoms with Gasteiger partial charge in [0.15, 0.2) is 17.6 Å². The number of benzene rings is 2. The number of fused-ring (bicyclic) bond motifs is 4. The summed E-state index contributed by atoms with van der Waals surface area (Å²) in [5.74, 6) is 1.48. The number of aromatic hydroxyl groups is 1. The summed E-state index contributed by atoms with van der Waals surface area (Å²) in [5, 5.41) is 30.9. The number of likely N-dealkylation sites (tertiary alicyclic amines) is 1. The summed E-state index contributed by atoms with van der Waals surface area (Å²) in [4.78, 5) is 18.4. The van der Waals surface area contributed by atoms with Crippen LogP contribution in [-0.4, -0.2) is 63.9 Å². The minimum atomic E-state index is -0.993. The standard InChI is InChI=1S/C33H40N4O4/c1-2-3-12-34-31(39)35-13-10-19-6-8-24-22(15-19)23-17-33(40)26-16-21-7-9-25(38)29-27(21)32(33,30(41-29)28(23)36-24)11-14-37(26)18-20-4-5-20/h6-9,15,20,26,30,36,38,40H,2-5,10-14,16-18H2,1H3,(H2,34,35,39)/t26-,30+,32+,33-/m1/s1. The number of aromatic amines is 1. The molecule has 3 aromatic rings. The van der Waals surface area contributed by atoms with Crippen molar-refractivity contribution >= 4 is 16.9 Å². The smallest absolute Gasteiger partial charge is 0.314 e. The fourth-order valence-electron chi connectivity index (χ4n) is 8.59. The summed E-state index contributed by atoms with van der Waals surface area (Å²) in [7, 11) is 0. The molecule has 4 atom stereocenters. The highest BCUT2D eigenvalue weighted by Crippen LogP contribution is 2.69. The maximum absolute atomic E-state index is 13.0. The van der Waals surface area contributed by atoms with E-state index in [1.54, 1.807) is 6.07 Å². The number of nitrogens with zero attached hydrogens (tertiary/aromatic N) is 1. The number of aromatic nitrogens is 1. The van der Waals surface area contributed by atoms with Gasteiger partial charge in [0, 0.05) is 48.6 Å². The van der Waals surface area contributed by atoms with Gasteiger partial charge in [-0.25, -0.2) is 4.79 Å². The largest absolute Gasteiger partial charge is 0.504 e. The first-order valence-electron chi connectivity index (χ1n) is 15.6. The van der Waals surface area contributed by atoms with Crippen LogP contribution in [0.25, 0.3) is 10.9 Å². The Morgan fingerprint density at radius 3 is 2.88 bits per heavy atom. The van der Waals surface area contributed by atoms with E-state index in [4.69, 9.17) is 4.74 Å². The number of phenolic OH excluding ortho intramolecular Hbond substituents is 1. The molecule has 2 aromatic carbocycles. The zero-order valence-electron chi connectivity index (χ0n) is 23.8. The summed E-state index contributed by atoms with van der Waals surface area (Å²) >= 11 is 0. The van der Waals surface area contributed by atoms with Crippen molar-refractivity contribution in [3.8, 4) is 11.5 Å². The maximum atomic E-state index is 13.0. The molecule has 8 nitrogen and oxygen atoms in total. The van der Waals surface area contributed by atoms with Gasteiger partial charge in [0.1, 0.15) is 0 Å². The van der Waals surface area contributed by atoms with Gasteiger partial charge in [0.2, 0.25) is 0 Å². The molecule has 2 aliphatic heterocycles. The van der Waals surface area contributed by atoms with Crippen LogP contribution in [-0.2, 0) is 24.7 Å². The third kappa shape index (κ3) is 3.62. The molecule has 2 amide bonds. The first kappa shape index (κ1) is 25.5. The van der Waals surface area contributed by atoms with Crippen LogP contribution in [0.2, 0.25) is 0 Å². The van der Waals surface area contributed by atoms with Crippen molar-refractivity contribution in [1.29, 1.82) is 0 Å². The van der Waals surface area contributed by atoms with Gasteiger partial charge < -0.3 is 30.6 Å². The number of hydrogen-bond acceptors (Lipinski definition) is 5. The number of rotatable bonds is 8. The van der Waals surface area contributed by atoms with E-state index in [0.717, 1.165) is 84.4 Å². The molecule has 2 bridgehead atoms. The number of ether oxygens (including phenoxy) is 1. The molecule has 5 N–H and O–H groups in total. The minimum absolute atomic E-state index is 0.0163. The maximum Gasteiger partial charge on any atom is 0.314 e. The lowest BCUT2D eigenvalue weighted by atomic mass is 9.49. The Bertz CT molecular complexity index is 1550. The number of unbranched alkanes of at least 4 members (excludes halogenated alkanes) is 1. The Morgan fingerprint density at radius 1 is 1.20 bits per heavy atom. The number of carbonyl (C=O) groups is 1. The average molecular weight is 557 g/mol. The zero-order chi connectivity index (χ0) is 27.9. The van der Waals surface area contributed by atoms with Crippen LogP contribution in [0, 0.1) is 5.92 Å². The first-order valence-corrected chi connectivity index (χ1v) is 15.6. The lowest BCUT2D eigenvalue weighted by Crippen LogP contribution is -2.74. The van der Waals surface area contributed by atoms with Gasteiger partial charge in [-0.1, -0.05) is 25.5 Å². The van der Waals surface area contributed by atoms with Crippen molar-refractivity contribution in [2.75, 3.05) is 26.2 Å². The van der Waals surface area contributed by atoms with Crippen LogP contribution in [0.1, 0.15) is 73.1 Å². The van der Waals surface area contributed by atoms with Crippen molar-refractivity contribution in [3.63, 3.8) is 0 Å². The Labute approximate surface area is 240 Å². The Balaban J connectivity index is 1.16. The summed E-state index contributed by atoms with van der Waals surface area (Å²) in [6.45, 7) is 5.36. The van der Waals surface area contributed by atoms with Crippen LogP contribution in [0.4, 0.5) is 4.79 Å². The predicted octanol–water partition coefficient (Wildman–Crippen LogP) is 4.21. The summed E-state index contributed by atoms with van der Waals surface area (Å²) in [6, 6.07) is 10.2. The fourth-order valence-corrected chi connectivity index (χ4v) is 8.59. The Morgan fingerprint density at radius 2 is 2.05 bits per heavy atom. The van der Waals surface area contributed by atoms with Crippen LogP contribution in [0.5, 0.6) is 11.5 Å². The summed E-state index contributed by atoms with van der Waals surface area (Å²) in [5.41, 5.74) is 5.03. The van der Waals surface area contributed by atoms with E-state index in [1.165, 1.54) is 18.4 Å². The number of H-pyrrole nitrogens is 1. The number of phenols is 1. The normalized spacial score (nSPS) is 29.1. The van der Waals surface area contributed by atoms with Gasteiger partial charge in [-0.3, -0.25) is 4.90 Å². The Kier molecular flexibility index (Phi) is 5.68. The molecule has 3 heterocycles. The molecule has 1 aromatic heterocycles. The van der Waals surface area contributed by atoms with Gasteiger partial charge in [-0.2, -0.15) is 0 Å². The molecule has 5 aliphatic rings. The molecular weight excluding hydrogens is 516 g/mol. The Hall–Kier alpha value is -3.23. The van der Waals surface area contributed by atoms with E-state index in [1.807, 2.05) is 0 Å². The fraction of sp³-hybridized carbons (Fsp3) is 0.545. The molecule has 3 aliphatic carbocycles. The summed E-state index contributed by atoms with van der Waals surface area (Å²) < 4.78 is 6.71. The third-order valence-electron chi connectivity index (χ3n) is 10.7. The van der Waals surface area contributed by atoms with Crippen LogP contribution in [0.15, 0.2) is 30.3 Å². The molecule has 0 unspecified atom stereocenters. The van der Waals surface area contributed by atoms with Crippen LogP contribution >= 0.6 is 0 Å². The van der Waals surface area contributed by atoms with Crippen molar-refractivity contribution in [1.82, 2.24) is 20.5 Å². The lowest BCUT2D eigenvalue weighted by Gasteiger charge is -2.62. The lowest BCUT2D eigenvalue weighted by molar-refractivity contribution is -0.173. The van der Waals surface area contributed by atoms with Crippen LogP contribution in [0.3, 0.4) is 0 Å². The second-order valence-corrected chi connectivity index (χ2v) is 13.1. The van der Waals surface area contributed by atoms with Gasteiger partial charge in [0.25, 0.3) is 0 Å². The highest BCUT2D eigenvalue weighted by molar-refractivity contribution is 5.87. The number of hydrogen-bond donors (Lipinski definition) is 5. The van der Waals surface area contributed by atoms with Gasteiger partial charge in [-0.05, 0) is 85.9 Å². The zero-order valence-corrected chi connectivity index (χ0v) is 23.8. The van der Waals surface area contributed by atoms with Crippen molar-refractivity contribution in [2.45, 2.75) is 81.5 Å². The third-order valence-corrected chi connectivity index (χ3v) is 10.7. The van der Waals surface area contributed by atoms with E-state index < -0.39 is 11.0 Å². The van der Waals surface area contributed by atoms with Crippen LogP contribution < -0.4 is 15.4 Å². The monoisotopic (exact) mass is 556 g/mol. The molecule has 1 saturated carbocycles. The minimum Gasteiger partial charge on any atom is -0.504 e. The highest BCUT2D eigenvalue weighted by Gasteiger charge is 2.72. The molecule has 1 spiro atoms. The second-order valence-electron chi connectivity index (χ2n) is 13.1. The molecule has 2 fully saturated rings. The number of piperidine rings is 1. The molecule has 8 rings (SSSR count). The van der Waals surface area contributed by atoms with E-state index in [2.05, 4.69) is 51.7 Å². The van der Waals surface area contributed by atoms with Crippen molar-refractivity contribution in [3.05, 3.63) is 58.3 Å². The highest BCUT2D eigenvalue weighted by atomic mass is 16.5. The molecule has 216 valence electrons. The number of carbonyl (C=O) groups excluding carboxylic acids is 1. The average Bonchev–Trinajstić information content (AvgIpc) is 3.60. The van der Waals surface area contributed by atoms with Crippen molar-refractivity contribution < 1.29 is 19.7 Å². The molecule has 41 heavy (non-hydrogen) atoms. The first-order chi connectivity index (χ1) is 19.9. The second kappa shape index (κ2) is 9.13. The number of amides is 2. The van der Waals surface area contributed by atoms with Gasteiger partial charge in [0.05, 0.1) is 16.7 Å². The molecule has 8 heteroatoms. The van der Waals surface area contributed by atoms with Crippen molar-refractivity contribution in [2.24, 2.45) is 5.92 Å². The summed E-state index contributed by atoms with van der Waals surface area (Å²) in [6.07, 6.45) is 7.12. The molecule has 0 radical (unpaired) electrons. The molecular formula is C33H40N4O4. The van der Waals surface area contributed by atoms with E-state index >= 15 is 0 Å². The molecule has 1 saturated heterocycles. The van der Waals surface area contributed by atoms with E-state index in [-0.39, 0.29) is 23.9 Å². The number of urea groups is 1. The quantitative estimate of drug-likeness (QED) is 0.267. The number of nitrogens with one attached hydrogen (secondary N) is 3. The topological polar surface area (TPSA) is 110 Å². The predicted molar refractivity (Wildman–Crippen MR) is 157 cm³/mol. The van der Waals surface area contributed by atoms with E-state index in [0.29, 0.717) is 25.3 Å². The van der Waals surface area contributed by atoms with Gasteiger partial charge >= 0.3 is 6.03 Å².